The Hall–Kier alpha value is -1.09. The zero-order chi connectivity index (χ0) is 12.5. The number of fused-ring (bicyclic) bond motifs is 1. The van der Waals surface area contributed by atoms with Crippen molar-refractivity contribution in [1.29, 1.82) is 0 Å². The van der Waals surface area contributed by atoms with Gasteiger partial charge in [0.05, 0.1) is 0 Å². The SMILES string of the molecule is CC1CNc2ccc(F)cc2C1N1CCCCC1. The molecule has 1 N–H and O–H groups in total. The topological polar surface area (TPSA) is 15.3 Å². The lowest BCUT2D eigenvalue weighted by Crippen LogP contribution is -2.41. The van der Waals surface area contributed by atoms with E-state index in [0.717, 1.165) is 30.9 Å². The van der Waals surface area contributed by atoms with Gasteiger partial charge in [0, 0.05) is 18.3 Å². The number of piperidine rings is 1. The molecule has 1 aromatic rings. The number of nitrogens with zero attached hydrogens (tertiary/aromatic N) is 1. The van der Waals surface area contributed by atoms with Gasteiger partial charge < -0.3 is 5.32 Å². The van der Waals surface area contributed by atoms with Crippen molar-refractivity contribution in [3.05, 3.63) is 29.6 Å². The summed E-state index contributed by atoms with van der Waals surface area (Å²) < 4.78 is 13.5. The number of hydrogen-bond acceptors (Lipinski definition) is 2. The van der Waals surface area contributed by atoms with Crippen molar-refractivity contribution in [3.8, 4) is 0 Å². The lowest BCUT2D eigenvalue weighted by Gasteiger charge is -2.42. The van der Waals surface area contributed by atoms with E-state index in [0.29, 0.717) is 12.0 Å². The summed E-state index contributed by atoms with van der Waals surface area (Å²) in [7, 11) is 0. The fraction of sp³-hybridized carbons (Fsp3) is 0.600. The van der Waals surface area contributed by atoms with Gasteiger partial charge in [0.1, 0.15) is 5.82 Å². The van der Waals surface area contributed by atoms with Gasteiger partial charge in [-0.1, -0.05) is 13.3 Å². The summed E-state index contributed by atoms with van der Waals surface area (Å²) in [6.07, 6.45) is 3.90. The maximum absolute atomic E-state index is 13.5. The molecule has 0 amide bonds. The Morgan fingerprint density at radius 2 is 2.00 bits per heavy atom. The molecule has 0 spiro atoms. The Morgan fingerprint density at radius 1 is 1.22 bits per heavy atom. The highest BCUT2D eigenvalue weighted by Gasteiger charge is 2.32. The van der Waals surface area contributed by atoms with Gasteiger partial charge in [0.25, 0.3) is 0 Å². The van der Waals surface area contributed by atoms with E-state index in [1.165, 1.54) is 19.3 Å². The highest BCUT2D eigenvalue weighted by Crippen LogP contribution is 2.39. The zero-order valence-corrected chi connectivity index (χ0v) is 11.0. The second kappa shape index (κ2) is 4.88. The molecule has 2 heterocycles. The molecule has 0 saturated carbocycles. The second-order valence-corrected chi connectivity index (χ2v) is 5.63. The highest BCUT2D eigenvalue weighted by molar-refractivity contribution is 5.55. The van der Waals surface area contributed by atoms with Crippen molar-refractivity contribution in [2.45, 2.75) is 32.2 Å². The van der Waals surface area contributed by atoms with Gasteiger partial charge in [-0.2, -0.15) is 0 Å². The van der Waals surface area contributed by atoms with E-state index in [9.17, 15) is 4.39 Å². The zero-order valence-electron chi connectivity index (χ0n) is 11.0. The average molecular weight is 248 g/mol. The van der Waals surface area contributed by atoms with Crippen molar-refractivity contribution in [3.63, 3.8) is 0 Å². The molecule has 98 valence electrons. The number of rotatable bonds is 1. The van der Waals surface area contributed by atoms with Crippen molar-refractivity contribution in [2.75, 3.05) is 25.0 Å². The van der Waals surface area contributed by atoms with Crippen LogP contribution in [-0.2, 0) is 0 Å². The number of anilines is 1. The summed E-state index contributed by atoms with van der Waals surface area (Å²) in [4.78, 5) is 2.55. The average Bonchev–Trinajstić information content (AvgIpc) is 2.39. The van der Waals surface area contributed by atoms with Gasteiger partial charge in [-0.05, 0) is 55.6 Å². The molecule has 2 aliphatic rings. The number of halogens is 1. The summed E-state index contributed by atoms with van der Waals surface area (Å²) in [5.74, 6) is 0.420. The predicted octanol–water partition coefficient (Wildman–Crippen LogP) is 3.41. The first-order valence-electron chi connectivity index (χ1n) is 7.03. The number of likely N-dealkylation sites (tertiary alicyclic amines) is 1. The Morgan fingerprint density at radius 3 is 2.78 bits per heavy atom. The highest BCUT2D eigenvalue weighted by atomic mass is 19.1. The van der Waals surface area contributed by atoms with Crippen LogP contribution in [0.15, 0.2) is 18.2 Å². The molecule has 2 atom stereocenters. The third kappa shape index (κ3) is 2.12. The number of hydrogen-bond donors (Lipinski definition) is 1. The van der Waals surface area contributed by atoms with E-state index in [4.69, 9.17) is 0 Å². The van der Waals surface area contributed by atoms with Crippen LogP contribution in [-0.4, -0.2) is 24.5 Å². The largest absolute Gasteiger partial charge is 0.384 e. The van der Waals surface area contributed by atoms with Crippen LogP contribution in [0.3, 0.4) is 0 Å². The first-order valence-corrected chi connectivity index (χ1v) is 7.03. The van der Waals surface area contributed by atoms with Crippen molar-refractivity contribution in [1.82, 2.24) is 4.90 Å². The van der Waals surface area contributed by atoms with Crippen LogP contribution in [0.2, 0.25) is 0 Å². The molecule has 0 bridgehead atoms. The Bertz CT molecular complexity index is 427. The van der Waals surface area contributed by atoms with Crippen LogP contribution in [0.4, 0.5) is 10.1 Å². The predicted molar refractivity (Wildman–Crippen MR) is 72.2 cm³/mol. The van der Waals surface area contributed by atoms with E-state index in [1.54, 1.807) is 12.1 Å². The molecule has 1 fully saturated rings. The van der Waals surface area contributed by atoms with E-state index < -0.39 is 0 Å². The summed E-state index contributed by atoms with van der Waals surface area (Å²) >= 11 is 0. The molecule has 0 aliphatic carbocycles. The third-order valence-electron chi connectivity index (χ3n) is 4.27. The number of benzene rings is 1. The summed E-state index contributed by atoms with van der Waals surface area (Å²) in [5.41, 5.74) is 2.26. The Labute approximate surface area is 108 Å². The molecule has 18 heavy (non-hydrogen) atoms. The van der Waals surface area contributed by atoms with Crippen LogP contribution in [0, 0.1) is 11.7 Å². The Kier molecular flexibility index (Phi) is 3.25. The van der Waals surface area contributed by atoms with Gasteiger partial charge in [-0.3, -0.25) is 4.90 Å². The fourth-order valence-electron chi connectivity index (χ4n) is 3.38. The van der Waals surface area contributed by atoms with Gasteiger partial charge in [-0.25, -0.2) is 4.39 Å². The maximum atomic E-state index is 13.5. The Balaban J connectivity index is 1.95. The third-order valence-corrected chi connectivity index (χ3v) is 4.27. The lowest BCUT2D eigenvalue weighted by atomic mass is 9.87. The molecule has 1 aromatic carbocycles. The standard InChI is InChI=1S/C15H21FN2/c1-11-10-17-14-6-5-12(16)9-13(14)15(11)18-7-3-2-4-8-18/h5-6,9,11,15,17H,2-4,7-8,10H2,1H3. The van der Waals surface area contributed by atoms with E-state index in [-0.39, 0.29) is 5.82 Å². The summed E-state index contributed by atoms with van der Waals surface area (Å²) in [6, 6.07) is 5.54. The molecular weight excluding hydrogens is 227 g/mol. The smallest absolute Gasteiger partial charge is 0.123 e. The van der Waals surface area contributed by atoms with Gasteiger partial charge >= 0.3 is 0 Å². The van der Waals surface area contributed by atoms with Crippen LogP contribution >= 0.6 is 0 Å². The monoisotopic (exact) mass is 248 g/mol. The van der Waals surface area contributed by atoms with Gasteiger partial charge in [-0.15, -0.1) is 0 Å². The first kappa shape index (κ1) is 12.0. The van der Waals surface area contributed by atoms with E-state index >= 15 is 0 Å². The van der Waals surface area contributed by atoms with Crippen molar-refractivity contribution < 1.29 is 4.39 Å². The van der Waals surface area contributed by atoms with Crippen LogP contribution < -0.4 is 5.32 Å². The quantitative estimate of drug-likeness (QED) is 0.819. The molecule has 2 unspecified atom stereocenters. The molecule has 2 nitrogen and oxygen atoms in total. The maximum Gasteiger partial charge on any atom is 0.123 e. The van der Waals surface area contributed by atoms with Crippen LogP contribution in [0.1, 0.15) is 37.8 Å². The van der Waals surface area contributed by atoms with Crippen molar-refractivity contribution >= 4 is 5.69 Å². The molecular formula is C15H21FN2. The normalized spacial score (nSPS) is 28.6. The molecule has 1 saturated heterocycles. The summed E-state index contributed by atoms with van der Waals surface area (Å²) in [5, 5.41) is 3.42. The van der Waals surface area contributed by atoms with Gasteiger partial charge in [0.15, 0.2) is 0 Å². The fourth-order valence-corrected chi connectivity index (χ4v) is 3.38. The molecule has 0 aromatic heterocycles. The van der Waals surface area contributed by atoms with Crippen LogP contribution in [0.25, 0.3) is 0 Å². The minimum Gasteiger partial charge on any atom is -0.384 e. The molecule has 2 aliphatic heterocycles. The minimum absolute atomic E-state index is 0.119. The summed E-state index contributed by atoms with van der Waals surface area (Å²) in [6.45, 7) is 5.57. The van der Waals surface area contributed by atoms with Gasteiger partial charge in [0.2, 0.25) is 0 Å². The van der Waals surface area contributed by atoms with Crippen molar-refractivity contribution in [2.24, 2.45) is 5.92 Å². The molecule has 0 radical (unpaired) electrons. The molecule has 3 heteroatoms. The van der Waals surface area contributed by atoms with Crippen LogP contribution in [0.5, 0.6) is 0 Å². The van der Waals surface area contributed by atoms with E-state index in [1.807, 2.05) is 6.07 Å². The first-order chi connectivity index (χ1) is 8.75. The minimum atomic E-state index is -0.119. The lowest BCUT2D eigenvalue weighted by molar-refractivity contribution is 0.123. The molecule has 3 rings (SSSR count). The number of nitrogens with one attached hydrogen (secondary N) is 1. The second-order valence-electron chi connectivity index (χ2n) is 5.63. The van der Waals surface area contributed by atoms with E-state index in [2.05, 4.69) is 17.1 Å².